The number of ether oxygens (including phenoxy) is 1. The Morgan fingerprint density at radius 2 is 2.16 bits per heavy atom. The van der Waals surface area contributed by atoms with Gasteiger partial charge in [-0.2, -0.15) is 10.4 Å². The molecule has 0 aliphatic rings. The second kappa shape index (κ2) is 8.94. The SMILES string of the molecule is COc1ccc(-c2csc(NC(=O)CCc3c(C)nc4c(C#N)cnn4c3C)n2)cc1Cl. The average molecular weight is 467 g/mol. The Bertz CT molecular complexity index is 1370. The van der Waals surface area contributed by atoms with Crippen LogP contribution in [0.25, 0.3) is 16.9 Å². The summed E-state index contributed by atoms with van der Waals surface area (Å²) in [7, 11) is 1.56. The van der Waals surface area contributed by atoms with Crippen LogP contribution in [-0.4, -0.2) is 32.6 Å². The van der Waals surface area contributed by atoms with E-state index in [1.165, 1.54) is 17.5 Å². The van der Waals surface area contributed by atoms with Crippen LogP contribution in [0.1, 0.15) is 28.9 Å². The van der Waals surface area contributed by atoms with Gasteiger partial charge in [0, 0.05) is 28.8 Å². The summed E-state index contributed by atoms with van der Waals surface area (Å²) in [6, 6.07) is 7.52. The molecule has 0 fully saturated rings. The molecular weight excluding hydrogens is 448 g/mol. The Labute approximate surface area is 193 Å². The lowest BCUT2D eigenvalue weighted by molar-refractivity contribution is -0.116. The van der Waals surface area contributed by atoms with Crippen molar-refractivity contribution in [1.82, 2.24) is 19.6 Å². The molecule has 1 amide bonds. The highest BCUT2D eigenvalue weighted by atomic mass is 35.5. The van der Waals surface area contributed by atoms with Crippen LogP contribution in [0.2, 0.25) is 5.02 Å². The van der Waals surface area contributed by atoms with Gasteiger partial charge in [-0.15, -0.1) is 11.3 Å². The molecule has 0 bridgehead atoms. The molecule has 4 aromatic rings. The van der Waals surface area contributed by atoms with E-state index >= 15 is 0 Å². The predicted molar refractivity (Wildman–Crippen MR) is 123 cm³/mol. The molecule has 4 rings (SSSR count). The number of halogens is 1. The van der Waals surface area contributed by atoms with E-state index in [1.807, 2.05) is 25.3 Å². The van der Waals surface area contributed by atoms with E-state index in [2.05, 4.69) is 26.5 Å². The Balaban J connectivity index is 1.44. The van der Waals surface area contributed by atoms with E-state index < -0.39 is 0 Å². The molecule has 0 aliphatic carbocycles. The third-order valence-corrected chi connectivity index (χ3v) is 6.18. The molecule has 0 saturated carbocycles. The number of hydrogen-bond acceptors (Lipinski definition) is 7. The van der Waals surface area contributed by atoms with Crippen molar-refractivity contribution >= 4 is 39.6 Å². The molecule has 1 N–H and O–H groups in total. The summed E-state index contributed by atoms with van der Waals surface area (Å²) in [5.74, 6) is 0.451. The average Bonchev–Trinajstić information content (AvgIpc) is 3.40. The van der Waals surface area contributed by atoms with Crippen LogP contribution in [0.15, 0.2) is 29.8 Å². The molecule has 0 aliphatic heterocycles. The van der Waals surface area contributed by atoms with Gasteiger partial charge in [-0.1, -0.05) is 11.6 Å². The molecule has 10 heteroatoms. The number of carbonyl (C=O) groups is 1. The van der Waals surface area contributed by atoms with E-state index in [0.717, 1.165) is 28.2 Å². The summed E-state index contributed by atoms with van der Waals surface area (Å²) in [6.07, 6.45) is 2.27. The number of aromatic nitrogens is 4. The van der Waals surface area contributed by atoms with Crippen molar-refractivity contribution < 1.29 is 9.53 Å². The van der Waals surface area contributed by atoms with Crippen LogP contribution in [0.5, 0.6) is 5.75 Å². The van der Waals surface area contributed by atoms with Crippen LogP contribution >= 0.6 is 22.9 Å². The van der Waals surface area contributed by atoms with Gasteiger partial charge in [0.1, 0.15) is 17.4 Å². The summed E-state index contributed by atoms with van der Waals surface area (Å²) in [5, 5.41) is 19.2. The third kappa shape index (κ3) is 4.15. The molecule has 3 heterocycles. The minimum absolute atomic E-state index is 0.143. The molecule has 162 valence electrons. The largest absolute Gasteiger partial charge is 0.495 e. The number of aryl methyl sites for hydroxylation is 2. The van der Waals surface area contributed by atoms with Crippen LogP contribution in [0, 0.1) is 25.2 Å². The number of methoxy groups -OCH3 is 1. The predicted octanol–water partition coefficient (Wildman–Crippen LogP) is 4.57. The van der Waals surface area contributed by atoms with Gasteiger partial charge in [-0.25, -0.2) is 14.5 Å². The summed E-state index contributed by atoms with van der Waals surface area (Å²) in [6.45, 7) is 3.79. The number of thiazole rings is 1. The fraction of sp³-hybridized carbons (Fsp3) is 0.227. The number of anilines is 1. The first-order chi connectivity index (χ1) is 15.4. The topological polar surface area (TPSA) is 105 Å². The zero-order chi connectivity index (χ0) is 22.8. The normalized spacial score (nSPS) is 10.8. The molecule has 0 saturated heterocycles. The minimum Gasteiger partial charge on any atom is -0.495 e. The smallest absolute Gasteiger partial charge is 0.226 e. The van der Waals surface area contributed by atoms with E-state index in [1.54, 1.807) is 23.8 Å². The van der Waals surface area contributed by atoms with Crippen molar-refractivity contribution in [2.24, 2.45) is 0 Å². The minimum atomic E-state index is -0.143. The number of amides is 1. The van der Waals surface area contributed by atoms with Crippen molar-refractivity contribution in [3.63, 3.8) is 0 Å². The Hall–Kier alpha value is -3.48. The first kappa shape index (κ1) is 21.7. The number of nitrogens with one attached hydrogen (secondary N) is 1. The van der Waals surface area contributed by atoms with E-state index in [0.29, 0.717) is 33.5 Å². The maximum Gasteiger partial charge on any atom is 0.226 e. The summed E-state index contributed by atoms with van der Waals surface area (Å²) in [5.41, 5.74) is 5.12. The lowest BCUT2D eigenvalue weighted by atomic mass is 10.1. The van der Waals surface area contributed by atoms with Gasteiger partial charge in [0.15, 0.2) is 10.8 Å². The lowest BCUT2D eigenvalue weighted by Crippen LogP contribution is -2.14. The van der Waals surface area contributed by atoms with Gasteiger partial charge < -0.3 is 10.1 Å². The fourth-order valence-electron chi connectivity index (χ4n) is 3.46. The van der Waals surface area contributed by atoms with Gasteiger partial charge in [0.2, 0.25) is 5.91 Å². The number of nitriles is 1. The molecule has 0 atom stereocenters. The highest BCUT2D eigenvalue weighted by Crippen LogP contribution is 2.31. The van der Waals surface area contributed by atoms with Crippen molar-refractivity contribution in [1.29, 1.82) is 5.26 Å². The van der Waals surface area contributed by atoms with Gasteiger partial charge in [0.05, 0.1) is 24.0 Å². The molecule has 0 unspecified atom stereocenters. The lowest BCUT2D eigenvalue weighted by Gasteiger charge is -2.11. The monoisotopic (exact) mass is 466 g/mol. The standard InChI is InChI=1S/C22H19ClN6O2S/c1-12-16(13(2)29-21(26-12)15(9-24)10-25-29)5-7-20(30)28-22-27-18(11-32-22)14-4-6-19(31-3)17(23)8-14/h4,6,8,10-11H,5,7H2,1-3H3,(H,27,28,30). The Kier molecular flexibility index (Phi) is 6.08. The molecule has 0 radical (unpaired) electrons. The van der Waals surface area contributed by atoms with Gasteiger partial charge >= 0.3 is 0 Å². The molecule has 0 spiro atoms. The summed E-state index contributed by atoms with van der Waals surface area (Å²) < 4.78 is 6.82. The third-order valence-electron chi connectivity index (χ3n) is 5.13. The number of carbonyl (C=O) groups excluding carboxylic acids is 1. The number of nitrogens with zero attached hydrogens (tertiary/aromatic N) is 5. The highest BCUT2D eigenvalue weighted by Gasteiger charge is 2.16. The fourth-order valence-corrected chi connectivity index (χ4v) is 4.45. The van der Waals surface area contributed by atoms with E-state index in [9.17, 15) is 10.1 Å². The van der Waals surface area contributed by atoms with Crippen molar-refractivity contribution in [3.05, 3.63) is 57.3 Å². The molecule has 3 aromatic heterocycles. The number of benzene rings is 1. The quantitative estimate of drug-likeness (QED) is 0.446. The number of rotatable bonds is 6. The Morgan fingerprint density at radius 1 is 1.34 bits per heavy atom. The maximum atomic E-state index is 12.5. The van der Waals surface area contributed by atoms with Crippen molar-refractivity contribution in [2.45, 2.75) is 26.7 Å². The molecule has 8 nitrogen and oxygen atoms in total. The van der Waals surface area contributed by atoms with Crippen LogP contribution < -0.4 is 10.1 Å². The number of hydrogen-bond donors (Lipinski definition) is 1. The molecule has 32 heavy (non-hydrogen) atoms. The first-order valence-electron chi connectivity index (χ1n) is 9.74. The van der Waals surface area contributed by atoms with Gasteiger partial charge in [-0.05, 0) is 44.0 Å². The van der Waals surface area contributed by atoms with E-state index in [-0.39, 0.29) is 12.3 Å². The van der Waals surface area contributed by atoms with Gasteiger partial charge in [-0.3, -0.25) is 4.79 Å². The van der Waals surface area contributed by atoms with Crippen molar-refractivity contribution in [3.8, 4) is 23.1 Å². The van der Waals surface area contributed by atoms with E-state index in [4.69, 9.17) is 16.3 Å². The van der Waals surface area contributed by atoms with Gasteiger partial charge in [0.25, 0.3) is 0 Å². The zero-order valence-electron chi connectivity index (χ0n) is 17.6. The number of fused-ring (bicyclic) bond motifs is 1. The Morgan fingerprint density at radius 3 is 2.88 bits per heavy atom. The van der Waals surface area contributed by atoms with Crippen LogP contribution in [0.4, 0.5) is 5.13 Å². The second-order valence-electron chi connectivity index (χ2n) is 7.10. The summed E-state index contributed by atoms with van der Waals surface area (Å²) >= 11 is 7.54. The van der Waals surface area contributed by atoms with Crippen LogP contribution in [0.3, 0.4) is 0 Å². The highest BCUT2D eigenvalue weighted by molar-refractivity contribution is 7.14. The summed E-state index contributed by atoms with van der Waals surface area (Å²) in [4.78, 5) is 21.5. The maximum absolute atomic E-state index is 12.5. The first-order valence-corrected chi connectivity index (χ1v) is 11.0. The molecular formula is C22H19ClN6O2S. The van der Waals surface area contributed by atoms with Crippen LogP contribution in [-0.2, 0) is 11.2 Å². The second-order valence-corrected chi connectivity index (χ2v) is 8.37. The van der Waals surface area contributed by atoms with Crippen molar-refractivity contribution in [2.75, 3.05) is 12.4 Å². The zero-order valence-corrected chi connectivity index (χ0v) is 19.2. The molecule has 1 aromatic carbocycles.